The van der Waals surface area contributed by atoms with Crippen LogP contribution in [0.4, 0.5) is 0 Å². The van der Waals surface area contributed by atoms with E-state index in [4.69, 9.17) is 12.3 Å². The molecule has 0 saturated heterocycles. The highest BCUT2D eigenvalue weighted by Gasteiger charge is 2.05. The second-order valence-corrected chi connectivity index (χ2v) is 3.39. The van der Waals surface area contributed by atoms with E-state index in [1.54, 1.807) is 11.3 Å². The lowest BCUT2D eigenvalue weighted by molar-refractivity contribution is 0.537. The first-order valence-corrected chi connectivity index (χ1v) is 4.71. The molecule has 0 aromatic carbocycles. The number of hydrogen-bond donors (Lipinski definition) is 2. The first kappa shape index (κ1) is 9.27. The normalized spacial score (nSPS) is 12.3. The largest absolute Gasteiger partial charge is 0.271 e. The SMILES string of the molecule is C#CCC(Cc1ccsc1)NN. The maximum absolute atomic E-state index is 5.33. The van der Waals surface area contributed by atoms with Crippen molar-refractivity contribution in [1.82, 2.24) is 5.43 Å². The summed E-state index contributed by atoms with van der Waals surface area (Å²) in [4.78, 5) is 0. The van der Waals surface area contributed by atoms with Gasteiger partial charge in [0.2, 0.25) is 0 Å². The van der Waals surface area contributed by atoms with Crippen LogP contribution in [0.2, 0.25) is 0 Å². The Kier molecular flexibility index (Phi) is 3.81. The number of hydrogen-bond acceptors (Lipinski definition) is 3. The van der Waals surface area contributed by atoms with Crippen LogP contribution in [0.3, 0.4) is 0 Å². The summed E-state index contributed by atoms with van der Waals surface area (Å²) >= 11 is 1.69. The third-order valence-corrected chi connectivity index (χ3v) is 2.39. The molecule has 64 valence electrons. The highest BCUT2D eigenvalue weighted by Crippen LogP contribution is 2.09. The zero-order valence-corrected chi connectivity index (χ0v) is 7.60. The molecule has 1 atom stereocenters. The Morgan fingerprint density at radius 1 is 1.75 bits per heavy atom. The summed E-state index contributed by atoms with van der Waals surface area (Å²) < 4.78 is 0. The second-order valence-electron chi connectivity index (χ2n) is 2.61. The molecule has 1 aromatic rings. The quantitative estimate of drug-likeness (QED) is 0.414. The minimum absolute atomic E-state index is 0.199. The van der Waals surface area contributed by atoms with Gasteiger partial charge in [0.05, 0.1) is 0 Å². The minimum atomic E-state index is 0.199. The molecule has 3 heteroatoms. The average Bonchev–Trinajstić information content (AvgIpc) is 2.56. The molecule has 0 aliphatic heterocycles. The molecule has 0 bridgehead atoms. The lowest BCUT2D eigenvalue weighted by Crippen LogP contribution is -2.36. The third kappa shape index (κ3) is 2.67. The number of nitrogens with two attached hydrogens (primary N) is 1. The van der Waals surface area contributed by atoms with Crippen LogP contribution in [0.5, 0.6) is 0 Å². The number of terminal acetylenes is 1. The molecule has 0 fully saturated rings. The van der Waals surface area contributed by atoms with Crippen molar-refractivity contribution in [3.63, 3.8) is 0 Å². The predicted molar refractivity (Wildman–Crippen MR) is 52.6 cm³/mol. The van der Waals surface area contributed by atoms with E-state index in [1.165, 1.54) is 5.56 Å². The molecule has 12 heavy (non-hydrogen) atoms. The number of rotatable bonds is 4. The first-order valence-electron chi connectivity index (χ1n) is 3.77. The molecule has 0 aliphatic carbocycles. The molecular weight excluding hydrogens is 168 g/mol. The van der Waals surface area contributed by atoms with Gasteiger partial charge in [0.25, 0.3) is 0 Å². The van der Waals surface area contributed by atoms with Gasteiger partial charge in [-0.05, 0) is 28.8 Å². The van der Waals surface area contributed by atoms with E-state index < -0.39 is 0 Å². The topological polar surface area (TPSA) is 38.0 Å². The van der Waals surface area contributed by atoms with Crippen molar-refractivity contribution in [3.8, 4) is 12.3 Å². The molecule has 1 rings (SSSR count). The molecule has 0 radical (unpaired) electrons. The maximum Gasteiger partial charge on any atom is 0.0360 e. The van der Waals surface area contributed by atoms with E-state index in [1.807, 2.05) is 0 Å². The van der Waals surface area contributed by atoms with Crippen molar-refractivity contribution in [2.45, 2.75) is 18.9 Å². The van der Waals surface area contributed by atoms with Gasteiger partial charge >= 0.3 is 0 Å². The molecule has 1 unspecified atom stereocenters. The van der Waals surface area contributed by atoms with Gasteiger partial charge in [0.15, 0.2) is 0 Å². The van der Waals surface area contributed by atoms with Gasteiger partial charge in [-0.3, -0.25) is 11.3 Å². The number of nitrogens with one attached hydrogen (secondary N) is 1. The Balaban J connectivity index is 2.44. The van der Waals surface area contributed by atoms with Crippen LogP contribution in [-0.4, -0.2) is 6.04 Å². The highest BCUT2D eigenvalue weighted by molar-refractivity contribution is 7.07. The van der Waals surface area contributed by atoms with E-state index in [0.29, 0.717) is 6.42 Å². The van der Waals surface area contributed by atoms with Crippen molar-refractivity contribution >= 4 is 11.3 Å². The second kappa shape index (κ2) is 4.94. The Hall–Kier alpha value is -0.820. The Morgan fingerprint density at radius 3 is 3.08 bits per heavy atom. The van der Waals surface area contributed by atoms with E-state index in [0.717, 1.165) is 6.42 Å². The molecule has 0 aliphatic rings. The van der Waals surface area contributed by atoms with E-state index in [9.17, 15) is 0 Å². The van der Waals surface area contributed by atoms with Crippen LogP contribution < -0.4 is 11.3 Å². The summed E-state index contributed by atoms with van der Waals surface area (Å²) in [6.45, 7) is 0. The van der Waals surface area contributed by atoms with Crippen LogP contribution in [0.1, 0.15) is 12.0 Å². The Morgan fingerprint density at radius 2 is 2.58 bits per heavy atom. The summed E-state index contributed by atoms with van der Waals surface area (Å²) in [7, 11) is 0. The van der Waals surface area contributed by atoms with Crippen molar-refractivity contribution in [2.24, 2.45) is 5.84 Å². The van der Waals surface area contributed by atoms with Gasteiger partial charge in [-0.1, -0.05) is 0 Å². The monoisotopic (exact) mass is 180 g/mol. The van der Waals surface area contributed by atoms with Gasteiger partial charge < -0.3 is 0 Å². The fourth-order valence-corrected chi connectivity index (χ4v) is 1.71. The predicted octanol–water partition coefficient (Wildman–Crippen LogP) is 1.15. The third-order valence-electron chi connectivity index (χ3n) is 1.66. The average molecular weight is 180 g/mol. The first-order chi connectivity index (χ1) is 5.86. The molecule has 2 nitrogen and oxygen atoms in total. The van der Waals surface area contributed by atoms with Crippen molar-refractivity contribution < 1.29 is 0 Å². The van der Waals surface area contributed by atoms with E-state index >= 15 is 0 Å². The zero-order valence-electron chi connectivity index (χ0n) is 6.79. The smallest absolute Gasteiger partial charge is 0.0360 e. The van der Waals surface area contributed by atoms with E-state index in [2.05, 4.69) is 28.2 Å². The van der Waals surface area contributed by atoms with Crippen molar-refractivity contribution in [3.05, 3.63) is 22.4 Å². The van der Waals surface area contributed by atoms with E-state index in [-0.39, 0.29) is 6.04 Å². The molecule has 0 saturated carbocycles. The van der Waals surface area contributed by atoms with Gasteiger partial charge in [0.1, 0.15) is 0 Å². The molecular formula is C9H12N2S. The molecule has 3 N–H and O–H groups in total. The molecule has 0 amide bonds. The lowest BCUT2D eigenvalue weighted by atomic mass is 10.1. The van der Waals surface area contributed by atoms with Gasteiger partial charge in [0, 0.05) is 12.5 Å². The summed E-state index contributed by atoms with van der Waals surface area (Å²) in [5, 5.41) is 4.17. The Bertz CT molecular complexity index is 248. The summed E-state index contributed by atoms with van der Waals surface area (Å²) in [6, 6.07) is 2.29. The number of thiophene rings is 1. The maximum atomic E-state index is 5.33. The summed E-state index contributed by atoms with van der Waals surface area (Å²) in [5.74, 6) is 7.93. The molecule has 1 heterocycles. The molecule has 0 spiro atoms. The minimum Gasteiger partial charge on any atom is -0.271 e. The molecule has 1 aromatic heterocycles. The fourth-order valence-electron chi connectivity index (χ4n) is 1.03. The van der Waals surface area contributed by atoms with Crippen LogP contribution in [0.25, 0.3) is 0 Å². The van der Waals surface area contributed by atoms with Crippen LogP contribution in [-0.2, 0) is 6.42 Å². The van der Waals surface area contributed by atoms with Crippen LogP contribution >= 0.6 is 11.3 Å². The van der Waals surface area contributed by atoms with Crippen LogP contribution in [0.15, 0.2) is 16.8 Å². The highest BCUT2D eigenvalue weighted by atomic mass is 32.1. The van der Waals surface area contributed by atoms with Gasteiger partial charge in [-0.2, -0.15) is 11.3 Å². The fraction of sp³-hybridized carbons (Fsp3) is 0.333. The van der Waals surface area contributed by atoms with Gasteiger partial charge in [-0.15, -0.1) is 12.3 Å². The Labute approximate surface area is 76.8 Å². The van der Waals surface area contributed by atoms with Gasteiger partial charge in [-0.25, -0.2) is 0 Å². The zero-order chi connectivity index (χ0) is 8.81. The van der Waals surface area contributed by atoms with Crippen LogP contribution in [0, 0.1) is 12.3 Å². The summed E-state index contributed by atoms with van der Waals surface area (Å²) in [5.41, 5.74) is 3.99. The standard InChI is InChI=1S/C9H12N2S/c1-2-3-9(11-10)6-8-4-5-12-7-8/h1,4-5,7,9,11H,3,6,10H2. The lowest BCUT2D eigenvalue weighted by Gasteiger charge is -2.10. The van der Waals surface area contributed by atoms with Crippen molar-refractivity contribution in [2.75, 3.05) is 0 Å². The summed E-state index contributed by atoms with van der Waals surface area (Å²) in [6.07, 6.45) is 6.77. The van der Waals surface area contributed by atoms with Crippen molar-refractivity contribution in [1.29, 1.82) is 0 Å². The number of hydrazine groups is 1.